The van der Waals surface area contributed by atoms with Crippen LogP contribution in [0.2, 0.25) is 0 Å². The molecule has 1 saturated heterocycles. The van der Waals surface area contributed by atoms with Gasteiger partial charge in [-0.3, -0.25) is 4.79 Å². The van der Waals surface area contributed by atoms with Gasteiger partial charge in [-0.2, -0.15) is 0 Å². The van der Waals surface area contributed by atoms with Gasteiger partial charge in [0.25, 0.3) is 5.91 Å². The van der Waals surface area contributed by atoms with Crippen LogP contribution in [-0.2, 0) is 0 Å². The van der Waals surface area contributed by atoms with Gasteiger partial charge in [0.1, 0.15) is 5.75 Å². The zero-order valence-electron chi connectivity index (χ0n) is 15.3. The second kappa shape index (κ2) is 8.13. The van der Waals surface area contributed by atoms with E-state index in [1.165, 1.54) is 4.90 Å². The Labute approximate surface area is 163 Å². The van der Waals surface area contributed by atoms with Crippen molar-refractivity contribution in [1.82, 2.24) is 4.90 Å². The molecule has 0 saturated carbocycles. The van der Waals surface area contributed by atoms with Crippen LogP contribution < -0.4 is 14.2 Å². The summed E-state index contributed by atoms with van der Waals surface area (Å²) < 4.78 is 15.9. The van der Waals surface area contributed by atoms with E-state index in [4.69, 9.17) is 14.2 Å². The van der Waals surface area contributed by atoms with Gasteiger partial charge in [0.15, 0.2) is 11.5 Å². The molecule has 2 aliphatic rings. The highest BCUT2D eigenvalue weighted by Gasteiger charge is 2.25. The normalized spacial score (nSPS) is 16.4. The van der Waals surface area contributed by atoms with Crippen LogP contribution in [0.1, 0.15) is 23.2 Å². The van der Waals surface area contributed by atoms with E-state index < -0.39 is 0 Å². The SMILES string of the molecule is COc1ccc(SCC2CCN(C(=O)c3ccc4c(c3)OCO4)CC2)cc1. The Bertz CT molecular complexity index is 800. The second-order valence-electron chi connectivity index (χ2n) is 6.79. The number of benzene rings is 2. The average molecular weight is 385 g/mol. The molecule has 5 nitrogen and oxygen atoms in total. The lowest BCUT2D eigenvalue weighted by molar-refractivity contribution is 0.0698. The summed E-state index contributed by atoms with van der Waals surface area (Å²) in [6, 6.07) is 13.6. The van der Waals surface area contributed by atoms with E-state index in [9.17, 15) is 4.79 Å². The van der Waals surface area contributed by atoms with Crippen molar-refractivity contribution in [3.63, 3.8) is 0 Å². The molecule has 4 rings (SSSR count). The number of likely N-dealkylation sites (tertiary alicyclic amines) is 1. The molecule has 1 fully saturated rings. The summed E-state index contributed by atoms with van der Waals surface area (Å²) in [5.41, 5.74) is 0.672. The molecule has 142 valence electrons. The van der Waals surface area contributed by atoms with Gasteiger partial charge in [-0.25, -0.2) is 0 Å². The smallest absolute Gasteiger partial charge is 0.253 e. The van der Waals surface area contributed by atoms with Crippen molar-refractivity contribution in [2.24, 2.45) is 5.92 Å². The van der Waals surface area contributed by atoms with Crippen molar-refractivity contribution in [3.8, 4) is 17.2 Å². The highest BCUT2D eigenvalue weighted by Crippen LogP contribution is 2.33. The van der Waals surface area contributed by atoms with Crippen LogP contribution in [0.25, 0.3) is 0 Å². The number of carbonyl (C=O) groups is 1. The summed E-state index contributed by atoms with van der Waals surface area (Å²) in [6.07, 6.45) is 2.08. The first kappa shape index (κ1) is 18.0. The quantitative estimate of drug-likeness (QED) is 0.726. The average Bonchev–Trinajstić information content (AvgIpc) is 3.20. The number of piperidine rings is 1. The van der Waals surface area contributed by atoms with Crippen molar-refractivity contribution in [2.45, 2.75) is 17.7 Å². The topological polar surface area (TPSA) is 48.0 Å². The Morgan fingerprint density at radius 1 is 1.11 bits per heavy atom. The predicted molar refractivity (Wildman–Crippen MR) is 105 cm³/mol. The first-order valence-corrected chi connectivity index (χ1v) is 10.2. The van der Waals surface area contributed by atoms with Gasteiger partial charge in [-0.05, 0) is 61.2 Å². The van der Waals surface area contributed by atoms with Crippen LogP contribution in [-0.4, -0.2) is 43.6 Å². The molecule has 2 aromatic rings. The fourth-order valence-corrected chi connectivity index (χ4v) is 4.49. The molecule has 0 N–H and O–H groups in total. The molecule has 0 spiro atoms. The van der Waals surface area contributed by atoms with Crippen molar-refractivity contribution in [1.29, 1.82) is 0 Å². The molecular formula is C21H23NO4S. The number of hydrogen-bond donors (Lipinski definition) is 0. The number of methoxy groups -OCH3 is 1. The molecule has 0 aliphatic carbocycles. The number of ether oxygens (including phenoxy) is 3. The van der Waals surface area contributed by atoms with Crippen LogP contribution in [0.5, 0.6) is 17.2 Å². The predicted octanol–water partition coefficient (Wildman–Crippen LogP) is 4.07. The maximum absolute atomic E-state index is 12.8. The standard InChI is InChI=1S/C21H23NO4S/c1-24-17-3-5-18(6-4-17)27-13-15-8-10-22(11-9-15)21(23)16-2-7-19-20(12-16)26-14-25-19/h2-7,12,15H,8-11,13-14H2,1H3. The molecule has 0 radical (unpaired) electrons. The monoisotopic (exact) mass is 385 g/mol. The zero-order chi connectivity index (χ0) is 18.6. The summed E-state index contributed by atoms with van der Waals surface area (Å²) in [6.45, 7) is 1.84. The summed E-state index contributed by atoms with van der Waals surface area (Å²) in [7, 11) is 1.68. The molecule has 0 atom stereocenters. The van der Waals surface area contributed by atoms with E-state index in [1.54, 1.807) is 13.2 Å². The van der Waals surface area contributed by atoms with E-state index >= 15 is 0 Å². The van der Waals surface area contributed by atoms with Crippen molar-refractivity contribution >= 4 is 17.7 Å². The number of amides is 1. The van der Waals surface area contributed by atoms with Gasteiger partial charge in [-0.15, -0.1) is 11.8 Å². The van der Waals surface area contributed by atoms with Crippen LogP contribution in [0.4, 0.5) is 0 Å². The Balaban J connectivity index is 1.27. The molecule has 6 heteroatoms. The third-order valence-corrected chi connectivity index (χ3v) is 6.31. The number of fused-ring (bicyclic) bond motifs is 1. The summed E-state index contributed by atoms with van der Waals surface area (Å²) in [5.74, 6) is 4.05. The lowest BCUT2D eigenvalue weighted by atomic mass is 9.98. The zero-order valence-corrected chi connectivity index (χ0v) is 16.2. The van der Waals surface area contributed by atoms with Crippen LogP contribution in [0.15, 0.2) is 47.4 Å². The van der Waals surface area contributed by atoms with Gasteiger partial charge < -0.3 is 19.1 Å². The number of rotatable bonds is 5. The first-order chi connectivity index (χ1) is 13.2. The van der Waals surface area contributed by atoms with Crippen molar-refractivity contribution in [2.75, 3.05) is 32.7 Å². The lowest BCUT2D eigenvalue weighted by Gasteiger charge is -2.32. The molecule has 27 heavy (non-hydrogen) atoms. The number of nitrogens with zero attached hydrogens (tertiary/aromatic N) is 1. The Morgan fingerprint density at radius 2 is 1.85 bits per heavy atom. The molecule has 2 aliphatic heterocycles. The van der Waals surface area contributed by atoms with E-state index in [2.05, 4.69) is 12.1 Å². The van der Waals surface area contributed by atoms with E-state index in [0.717, 1.165) is 37.4 Å². The summed E-state index contributed by atoms with van der Waals surface area (Å²) >= 11 is 1.88. The Morgan fingerprint density at radius 3 is 2.59 bits per heavy atom. The second-order valence-corrected chi connectivity index (χ2v) is 7.88. The van der Waals surface area contributed by atoms with Gasteiger partial charge in [0.05, 0.1) is 7.11 Å². The first-order valence-electron chi connectivity index (χ1n) is 9.19. The summed E-state index contributed by atoms with van der Waals surface area (Å²) in [5, 5.41) is 0. The van der Waals surface area contributed by atoms with E-state index in [0.29, 0.717) is 23.0 Å². The lowest BCUT2D eigenvalue weighted by Crippen LogP contribution is -2.38. The maximum atomic E-state index is 12.8. The van der Waals surface area contributed by atoms with E-state index in [-0.39, 0.29) is 12.7 Å². The van der Waals surface area contributed by atoms with Crippen molar-refractivity contribution in [3.05, 3.63) is 48.0 Å². The minimum absolute atomic E-state index is 0.0783. The molecule has 1 amide bonds. The molecular weight excluding hydrogens is 362 g/mol. The number of hydrogen-bond acceptors (Lipinski definition) is 5. The highest BCUT2D eigenvalue weighted by atomic mass is 32.2. The van der Waals surface area contributed by atoms with E-state index in [1.807, 2.05) is 40.9 Å². The summed E-state index contributed by atoms with van der Waals surface area (Å²) in [4.78, 5) is 16.0. The molecule has 0 unspecified atom stereocenters. The van der Waals surface area contributed by atoms with Gasteiger partial charge in [-0.1, -0.05) is 0 Å². The van der Waals surface area contributed by atoms with Gasteiger partial charge in [0.2, 0.25) is 6.79 Å². The van der Waals surface area contributed by atoms with Gasteiger partial charge >= 0.3 is 0 Å². The molecule has 2 heterocycles. The van der Waals surface area contributed by atoms with Gasteiger partial charge in [0, 0.05) is 29.3 Å². The largest absolute Gasteiger partial charge is 0.497 e. The molecule has 2 aromatic carbocycles. The fourth-order valence-electron chi connectivity index (χ4n) is 3.40. The minimum Gasteiger partial charge on any atom is -0.497 e. The third-order valence-electron chi connectivity index (χ3n) is 5.07. The maximum Gasteiger partial charge on any atom is 0.253 e. The Kier molecular flexibility index (Phi) is 5.43. The fraction of sp³-hybridized carbons (Fsp3) is 0.381. The minimum atomic E-state index is 0.0783. The molecule has 0 aromatic heterocycles. The van der Waals surface area contributed by atoms with Crippen LogP contribution in [0.3, 0.4) is 0 Å². The number of carbonyl (C=O) groups excluding carboxylic acids is 1. The van der Waals surface area contributed by atoms with Crippen LogP contribution >= 0.6 is 11.8 Å². The third kappa shape index (κ3) is 4.16. The Hall–Kier alpha value is -2.34. The number of thioether (sulfide) groups is 1. The molecule has 0 bridgehead atoms. The van der Waals surface area contributed by atoms with Crippen LogP contribution in [0, 0.1) is 5.92 Å². The highest BCUT2D eigenvalue weighted by molar-refractivity contribution is 7.99. The van der Waals surface area contributed by atoms with Crippen molar-refractivity contribution < 1.29 is 19.0 Å².